The molecule has 0 saturated heterocycles. The summed E-state index contributed by atoms with van der Waals surface area (Å²) < 4.78 is 0. The first-order chi connectivity index (χ1) is 15.2. The molecule has 0 radical (unpaired) electrons. The molecule has 2 amide bonds. The number of hydrogen-bond acceptors (Lipinski definition) is 2. The molecule has 3 aromatic carbocycles. The number of fused-ring (bicyclic) bond motifs is 1. The van der Waals surface area contributed by atoms with Gasteiger partial charge >= 0.3 is 11.8 Å². The van der Waals surface area contributed by atoms with Gasteiger partial charge in [-0.1, -0.05) is 78.9 Å². The molecule has 5 heteroatoms. The first-order valence-corrected chi connectivity index (χ1v) is 10.4. The quantitative estimate of drug-likeness (QED) is 0.405. The van der Waals surface area contributed by atoms with Gasteiger partial charge in [0.1, 0.15) is 0 Å². The Morgan fingerprint density at radius 2 is 1.32 bits per heavy atom. The van der Waals surface area contributed by atoms with E-state index in [1.165, 1.54) is 0 Å². The summed E-state index contributed by atoms with van der Waals surface area (Å²) in [5, 5.41) is 6.65. The smallest absolute Gasteiger partial charge is 0.309 e. The normalized spacial score (nSPS) is 10.9. The zero-order chi connectivity index (χ0) is 21.5. The Balaban J connectivity index is 1.33. The maximum Gasteiger partial charge on any atom is 0.309 e. The van der Waals surface area contributed by atoms with Gasteiger partial charge in [0.05, 0.1) is 0 Å². The lowest BCUT2D eigenvalue weighted by Crippen LogP contribution is -2.42. The van der Waals surface area contributed by atoms with E-state index in [2.05, 4.69) is 15.6 Å². The van der Waals surface area contributed by atoms with Crippen LogP contribution in [-0.2, 0) is 16.0 Å². The summed E-state index contributed by atoms with van der Waals surface area (Å²) in [5.41, 5.74) is 4.36. The third kappa shape index (κ3) is 5.01. The third-order valence-electron chi connectivity index (χ3n) is 5.43. The topological polar surface area (TPSA) is 74.0 Å². The van der Waals surface area contributed by atoms with Crippen molar-refractivity contribution in [2.75, 3.05) is 13.1 Å². The van der Waals surface area contributed by atoms with Crippen molar-refractivity contribution in [3.8, 4) is 0 Å². The van der Waals surface area contributed by atoms with Gasteiger partial charge in [0.25, 0.3) is 0 Å². The van der Waals surface area contributed by atoms with Gasteiger partial charge in [-0.25, -0.2) is 0 Å². The Hall–Kier alpha value is -3.86. The second-order valence-corrected chi connectivity index (χ2v) is 7.45. The first kappa shape index (κ1) is 20.4. The van der Waals surface area contributed by atoms with E-state index < -0.39 is 11.8 Å². The van der Waals surface area contributed by atoms with E-state index in [0.717, 1.165) is 27.6 Å². The molecule has 0 aliphatic rings. The lowest BCUT2D eigenvalue weighted by Gasteiger charge is -2.18. The van der Waals surface area contributed by atoms with Crippen LogP contribution in [0, 0.1) is 0 Å². The van der Waals surface area contributed by atoms with Gasteiger partial charge in [-0.05, 0) is 29.2 Å². The monoisotopic (exact) mass is 411 g/mol. The van der Waals surface area contributed by atoms with E-state index in [9.17, 15) is 9.59 Å². The fourth-order valence-corrected chi connectivity index (χ4v) is 3.80. The molecule has 0 atom stereocenters. The number of carbonyl (C=O) groups excluding carboxylic acids is 2. The van der Waals surface area contributed by atoms with Crippen molar-refractivity contribution in [3.63, 3.8) is 0 Å². The molecule has 4 aromatic rings. The van der Waals surface area contributed by atoms with Crippen LogP contribution in [0.25, 0.3) is 10.9 Å². The number of rotatable bonds is 7. The van der Waals surface area contributed by atoms with Gasteiger partial charge in [-0.2, -0.15) is 0 Å². The average molecular weight is 412 g/mol. The van der Waals surface area contributed by atoms with Crippen molar-refractivity contribution < 1.29 is 9.59 Å². The molecule has 3 N–H and O–H groups in total. The molecule has 4 rings (SSSR count). The maximum absolute atomic E-state index is 12.4. The molecule has 0 bridgehead atoms. The summed E-state index contributed by atoms with van der Waals surface area (Å²) >= 11 is 0. The molecule has 0 fully saturated rings. The fourth-order valence-electron chi connectivity index (χ4n) is 3.80. The van der Waals surface area contributed by atoms with Crippen molar-refractivity contribution in [3.05, 3.63) is 108 Å². The molecular formula is C26H25N3O2. The van der Waals surface area contributed by atoms with Crippen LogP contribution in [0.5, 0.6) is 0 Å². The van der Waals surface area contributed by atoms with Crippen molar-refractivity contribution in [2.24, 2.45) is 0 Å². The molecule has 0 aliphatic heterocycles. The van der Waals surface area contributed by atoms with Gasteiger partial charge in [0.15, 0.2) is 0 Å². The second-order valence-electron chi connectivity index (χ2n) is 7.45. The van der Waals surface area contributed by atoms with Gasteiger partial charge in [-0.3, -0.25) is 9.59 Å². The molecule has 156 valence electrons. The summed E-state index contributed by atoms with van der Waals surface area (Å²) in [6, 6.07) is 28.0. The minimum Gasteiger partial charge on any atom is -0.361 e. The highest BCUT2D eigenvalue weighted by Gasteiger charge is 2.18. The van der Waals surface area contributed by atoms with Crippen LogP contribution in [0.4, 0.5) is 0 Å². The highest BCUT2D eigenvalue weighted by molar-refractivity contribution is 6.35. The Labute approximate surface area is 181 Å². The van der Waals surface area contributed by atoms with Crippen molar-refractivity contribution >= 4 is 22.7 Å². The lowest BCUT2D eigenvalue weighted by molar-refractivity contribution is -0.139. The number of para-hydroxylation sites is 1. The van der Waals surface area contributed by atoms with Crippen LogP contribution in [0.15, 0.2) is 91.1 Å². The number of H-pyrrole nitrogens is 1. The Morgan fingerprint density at radius 3 is 2.00 bits per heavy atom. The van der Waals surface area contributed by atoms with Crippen molar-refractivity contribution in [2.45, 2.75) is 12.3 Å². The lowest BCUT2D eigenvalue weighted by atomic mass is 9.91. The molecule has 31 heavy (non-hydrogen) atoms. The first-order valence-electron chi connectivity index (χ1n) is 10.4. The Kier molecular flexibility index (Phi) is 6.43. The SMILES string of the molecule is O=C(NCCc1c[nH]c2ccccc12)C(=O)NCC(c1ccccc1)c1ccccc1. The van der Waals surface area contributed by atoms with E-state index in [1.807, 2.05) is 91.1 Å². The van der Waals surface area contributed by atoms with Crippen molar-refractivity contribution in [1.82, 2.24) is 15.6 Å². The summed E-state index contributed by atoms with van der Waals surface area (Å²) in [7, 11) is 0. The molecule has 1 aromatic heterocycles. The summed E-state index contributed by atoms with van der Waals surface area (Å²) in [4.78, 5) is 27.9. The second kappa shape index (κ2) is 9.76. The van der Waals surface area contributed by atoms with Gasteiger partial charge < -0.3 is 15.6 Å². The number of amides is 2. The van der Waals surface area contributed by atoms with E-state index in [1.54, 1.807) is 0 Å². The fraction of sp³-hybridized carbons (Fsp3) is 0.154. The Morgan fingerprint density at radius 1 is 0.742 bits per heavy atom. The highest BCUT2D eigenvalue weighted by atomic mass is 16.2. The largest absolute Gasteiger partial charge is 0.361 e. The zero-order valence-electron chi connectivity index (χ0n) is 17.2. The molecule has 5 nitrogen and oxygen atoms in total. The van der Waals surface area contributed by atoms with Gasteiger partial charge in [0.2, 0.25) is 0 Å². The van der Waals surface area contributed by atoms with Crippen LogP contribution < -0.4 is 10.6 Å². The third-order valence-corrected chi connectivity index (χ3v) is 5.43. The number of aromatic amines is 1. The van der Waals surface area contributed by atoms with Crippen LogP contribution in [0.2, 0.25) is 0 Å². The van der Waals surface area contributed by atoms with E-state index >= 15 is 0 Å². The Bertz CT molecular complexity index is 1110. The van der Waals surface area contributed by atoms with Crippen LogP contribution >= 0.6 is 0 Å². The maximum atomic E-state index is 12.4. The number of carbonyl (C=O) groups is 2. The summed E-state index contributed by atoms with van der Waals surface area (Å²) in [6.07, 6.45) is 2.60. The predicted octanol–water partition coefficient (Wildman–Crippen LogP) is 3.77. The van der Waals surface area contributed by atoms with Gasteiger partial charge in [-0.15, -0.1) is 0 Å². The summed E-state index contributed by atoms with van der Waals surface area (Å²) in [5.74, 6) is -1.25. The van der Waals surface area contributed by atoms with Gasteiger partial charge in [0, 0.05) is 36.1 Å². The molecule has 0 saturated carbocycles. The van der Waals surface area contributed by atoms with Crippen LogP contribution in [-0.4, -0.2) is 29.9 Å². The minimum atomic E-state index is -0.615. The van der Waals surface area contributed by atoms with Crippen LogP contribution in [0.3, 0.4) is 0 Å². The van der Waals surface area contributed by atoms with E-state index in [0.29, 0.717) is 19.5 Å². The van der Waals surface area contributed by atoms with E-state index in [4.69, 9.17) is 0 Å². The molecule has 0 unspecified atom stereocenters. The standard InChI is InChI=1S/C26H25N3O2/c30-25(27-16-15-21-17-28-24-14-8-7-13-22(21)24)26(31)29-18-23(19-9-3-1-4-10-19)20-11-5-2-6-12-20/h1-14,17,23,28H,15-16,18H2,(H,27,30)(H,29,31). The van der Waals surface area contributed by atoms with E-state index in [-0.39, 0.29) is 5.92 Å². The number of hydrogen-bond donors (Lipinski definition) is 3. The molecular weight excluding hydrogens is 386 g/mol. The van der Waals surface area contributed by atoms with Crippen LogP contribution in [0.1, 0.15) is 22.6 Å². The number of nitrogens with one attached hydrogen (secondary N) is 3. The molecule has 1 heterocycles. The predicted molar refractivity (Wildman–Crippen MR) is 123 cm³/mol. The molecule has 0 aliphatic carbocycles. The number of benzene rings is 3. The highest BCUT2D eigenvalue weighted by Crippen LogP contribution is 2.23. The summed E-state index contributed by atoms with van der Waals surface area (Å²) in [6.45, 7) is 0.748. The average Bonchev–Trinajstić information content (AvgIpc) is 3.23. The zero-order valence-corrected chi connectivity index (χ0v) is 17.2. The minimum absolute atomic E-state index is 0.0228. The molecule has 0 spiro atoms. The van der Waals surface area contributed by atoms with Crippen molar-refractivity contribution in [1.29, 1.82) is 0 Å². The number of aromatic nitrogens is 1.